The minimum absolute atomic E-state index is 0.00573. The second-order valence-electron chi connectivity index (χ2n) is 9.30. The van der Waals surface area contributed by atoms with Crippen molar-refractivity contribution in [3.05, 3.63) is 35.9 Å². The fourth-order valence-corrected chi connectivity index (χ4v) is 4.25. The van der Waals surface area contributed by atoms with Crippen LogP contribution in [-0.4, -0.2) is 54.3 Å². The summed E-state index contributed by atoms with van der Waals surface area (Å²) in [5.74, 6) is 0.312. The summed E-state index contributed by atoms with van der Waals surface area (Å²) in [6, 6.07) is 10.3. The molecule has 2 fully saturated rings. The zero-order chi connectivity index (χ0) is 20.1. The molecule has 0 bridgehead atoms. The van der Waals surface area contributed by atoms with Gasteiger partial charge in [-0.3, -0.25) is 9.59 Å². The number of nitrogens with zero attached hydrogens (tertiary/aromatic N) is 2. The fourth-order valence-electron chi connectivity index (χ4n) is 4.25. The van der Waals surface area contributed by atoms with Gasteiger partial charge in [0.1, 0.15) is 0 Å². The van der Waals surface area contributed by atoms with Crippen LogP contribution in [-0.2, 0) is 9.59 Å². The molecular weight excluding hydrogens is 350 g/mol. The van der Waals surface area contributed by atoms with Gasteiger partial charge in [-0.1, -0.05) is 51.1 Å². The standard InChI is InChI=1S/C23H35N3O2/c1-23(2,3)22(28)26-15-11-19(12-16-26)21(27)24-20(17-25-13-7-8-14-25)18-9-5-4-6-10-18/h4-6,9-10,19-20H,7-8,11-17H2,1-3H3,(H,24,27). The van der Waals surface area contributed by atoms with Crippen molar-refractivity contribution in [2.75, 3.05) is 32.7 Å². The first-order valence-corrected chi connectivity index (χ1v) is 10.7. The third-order valence-corrected chi connectivity index (χ3v) is 5.95. The molecule has 0 radical (unpaired) electrons. The Morgan fingerprint density at radius 1 is 1.04 bits per heavy atom. The van der Waals surface area contributed by atoms with Crippen molar-refractivity contribution in [3.63, 3.8) is 0 Å². The maximum absolute atomic E-state index is 13.0. The van der Waals surface area contributed by atoms with Crippen LogP contribution in [0.5, 0.6) is 0 Å². The lowest BCUT2D eigenvalue weighted by molar-refractivity contribution is -0.142. The number of benzene rings is 1. The van der Waals surface area contributed by atoms with E-state index in [9.17, 15) is 9.59 Å². The molecule has 1 aromatic carbocycles. The molecule has 0 spiro atoms. The van der Waals surface area contributed by atoms with Crippen molar-refractivity contribution in [1.82, 2.24) is 15.1 Å². The molecule has 2 amide bonds. The Bertz CT molecular complexity index is 654. The molecule has 1 aromatic rings. The number of hydrogen-bond donors (Lipinski definition) is 1. The number of carbonyl (C=O) groups is 2. The topological polar surface area (TPSA) is 52.7 Å². The summed E-state index contributed by atoms with van der Waals surface area (Å²) in [6.45, 7) is 10.3. The summed E-state index contributed by atoms with van der Waals surface area (Å²) in [5, 5.41) is 3.32. The van der Waals surface area contributed by atoms with E-state index in [1.54, 1.807) is 0 Å². The molecule has 3 rings (SSSR count). The average Bonchev–Trinajstić information content (AvgIpc) is 3.20. The molecule has 0 aliphatic carbocycles. The summed E-state index contributed by atoms with van der Waals surface area (Å²) in [4.78, 5) is 29.8. The number of rotatable bonds is 5. The van der Waals surface area contributed by atoms with E-state index in [4.69, 9.17) is 0 Å². The van der Waals surface area contributed by atoms with E-state index in [0.29, 0.717) is 13.1 Å². The van der Waals surface area contributed by atoms with Crippen LogP contribution in [0.1, 0.15) is 58.1 Å². The van der Waals surface area contributed by atoms with Gasteiger partial charge in [0.05, 0.1) is 6.04 Å². The van der Waals surface area contributed by atoms with Gasteiger partial charge in [0, 0.05) is 31.0 Å². The van der Waals surface area contributed by atoms with Crippen LogP contribution in [0.25, 0.3) is 0 Å². The molecule has 2 saturated heterocycles. The predicted molar refractivity (Wildman–Crippen MR) is 112 cm³/mol. The summed E-state index contributed by atoms with van der Waals surface area (Å²) in [6.07, 6.45) is 3.99. The number of nitrogens with one attached hydrogen (secondary N) is 1. The summed E-state index contributed by atoms with van der Waals surface area (Å²) >= 11 is 0. The van der Waals surface area contributed by atoms with E-state index in [0.717, 1.165) is 32.5 Å². The number of carbonyl (C=O) groups excluding carboxylic acids is 2. The molecule has 154 valence electrons. The molecular formula is C23H35N3O2. The van der Waals surface area contributed by atoms with Crippen molar-refractivity contribution in [2.45, 2.75) is 52.5 Å². The monoisotopic (exact) mass is 385 g/mol. The quantitative estimate of drug-likeness (QED) is 0.847. The Labute approximate surface area is 169 Å². The van der Waals surface area contributed by atoms with E-state index in [-0.39, 0.29) is 29.2 Å². The normalized spacial score (nSPS) is 20.2. The zero-order valence-electron chi connectivity index (χ0n) is 17.6. The van der Waals surface area contributed by atoms with E-state index in [1.165, 1.54) is 18.4 Å². The summed E-state index contributed by atoms with van der Waals surface area (Å²) in [7, 11) is 0. The molecule has 2 heterocycles. The molecule has 28 heavy (non-hydrogen) atoms. The second kappa shape index (κ2) is 9.08. The molecule has 1 N–H and O–H groups in total. The van der Waals surface area contributed by atoms with Gasteiger partial charge in [0.15, 0.2) is 0 Å². The van der Waals surface area contributed by atoms with E-state index < -0.39 is 0 Å². The molecule has 2 aliphatic heterocycles. The molecule has 1 unspecified atom stereocenters. The number of amides is 2. The molecule has 2 aliphatic rings. The van der Waals surface area contributed by atoms with Gasteiger partial charge >= 0.3 is 0 Å². The van der Waals surface area contributed by atoms with Crippen LogP contribution in [0.2, 0.25) is 0 Å². The van der Waals surface area contributed by atoms with Gasteiger partial charge in [-0.05, 0) is 44.3 Å². The van der Waals surface area contributed by atoms with Gasteiger partial charge in [-0.25, -0.2) is 0 Å². The molecule has 5 heteroatoms. The number of likely N-dealkylation sites (tertiary alicyclic amines) is 2. The smallest absolute Gasteiger partial charge is 0.227 e. The second-order valence-corrected chi connectivity index (χ2v) is 9.30. The van der Waals surface area contributed by atoms with Crippen molar-refractivity contribution in [2.24, 2.45) is 11.3 Å². The van der Waals surface area contributed by atoms with Crippen molar-refractivity contribution >= 4 is 11.8 Å². The molecule has 0 saturated carbocycles. The van der Waals surface area contributed by atoms with Crippen LogP contribution >= 0.6 is 0 Å². The minimum atomic E-state index is -0.358. The van der Waals surface area contributed by atoms with Gasteiger partial charge in [0.25, 0.3) is 0 Å². The lowest BCUT2D eigenvalue weighted by Crippen LogP contribution is -2.47. The third-order valence-electron chi connectivity index (χ3n) is 5.95. The highest BCUT2D eigenvalue weighted by molar-refractivity contribution is 5.83. The van der Waals surface area contributed by atoms with Crippen LogP contribution in [0.15, 0.2) is 30.3 Å². The highest BCUT2D eigenvalue weighted by atomic mass is 16.2. The lowest BCUT2D eigenvalue weighted by Gasteiger charge is -2.36. The lowest BCUT2D eigenvalue weighted by atomic mass is 9.90. The Kier molecular flexibility index (Phi) is 6.76. The van der Waals surface area contributed by atoms with E-state index in [2.05, 4.69) is 22.3 Å². The maximum Gasteiger partial charge on any atom is 0.227 e. The average molecular weight is 386 g/mol. The van der Waals surface area contributed by atoms with Crippen LogP contribution in [0, 0.1) is 11.3 Å². The first-order chi connectivity index (χ1) is 13.3. The fraction of sp³-hybridized carbons (Fsp3) is 0.652. The van der Waals surface area contributed by atoms with Crippen LogP contribution in [0.3, 0.4) is 0 Å². The molecule has 5 nitrogen and oxygen atoms in total. The predicted octanol–water partition coefficient (Wildman–Crippen LogP) is 3.22. The molecule has 0 aromatic heterocycles. The Morgan fingerprint density at radius 3 is 2.21 bits per heavy atom. The summed E-state index contributed by atoms with van der Waals surface area (Å²) in [5.41, 5.74) is 0.812. The van der Waals surface area contributed by atoms with E-state index in [1.807, 2.05) is 43.9 Å². The highest BCUT2D eigenvalue weighted by Crippen LogP contribution is 2.25. The van der Waals surface area contributed by atoms with E-state index >= 15 is 0 Å². The maximum atomic E-state index is 13.0. The van der Waals surface area contributed by atoms with Crippen molar-refractivity contribution in [1.29, 1.82) is 0 Å². The summed E-state index contributed by atoms with van der Waals surface area (Å²) < 4.78 is 0. The first-order valence-electron chi connectivity index (χ1n) is 10.7. The van der Waals surface area contributed by atoms with Crippen LogP contribution < -0.4 is 5.32 Å². The first kappa shape index (κ1) is 20.8. The number of piperidine rings is 1. The Morgan fingerprint density at radius 2 is 1.64 bits per heavy atom. The highest BCUT2D eigenvalue weighted by Gasteiger charge is 2.33. The van der Waals surface area contributed by atoms with Gasteiger partial charge in [-0.2, -0.15) is 0 Å². The van der Waals surface area contributed by atoms with Gasteiger partial charge < -0.3 is 15.1 Å². The zero-order valence-corrected chi connectivity index (χ0v) is 17.6. The number of hydrogen-bond acceptors (Lipinski definition) is 3. The van der Waals surface area contributed by atoms with Crippen molar-refractivity contribution in [3.8, 4) is 0 Å². The largest absolute Gasteiger partial charge is 0.348 e. The Hall–Kier alpha value is -1.88. The van der Waals surface area contributed by atoms with Crippen molar-refractivity contribution < 1.29 is 9.59 Å². The van der Waals surface area contributed by atoms with Gasteiger partial charge in [-0.15, -0.1) is 0 Å². The Balaban J connectivity index is 1.58. The van der Waals surface area contributed by atoms with Gasteiger partial charge in [0.2, 0.25) is 11.8 Å². The van der Waals surface area contributed by atoms with Crippen LogP contribution in [0.4, 0.5) is 0 Å². The third kappa shape index (κ3) is 5.34. The minimum Gasteiger partial charge on any atom is -0.348 e. The SMILES string of the molecule is CC(C)(C)C(=O)N1CCC(C(=O)NC(CN2CCCC2)c2ccccc2)CC1. The molecule has 1 atom stereocenters.